The molecule has 3 aromatic heterocycles. The number of pyridine rings is 1. The number of halogens is 5. The average Bonchev–Trinajstić information content (AvgIpc) is 3.26. The van der Waals surface area contributed by atoms with Gasteiger partial charge in [0.2, 0.25) is 5.95 Å². The van der Waals surface area contributed by atoms with E-state index in [0.717, 1.165) is 49.3 Å². The largest absolute Gasteiger partial charge is 0.417 e. The summed E-state index contributed by atoms with van der Waals surface area (Å²) >= 11 is 5.99. The van der Waals surface area contributed by atoms with E-state index in [4.69, 9.17) is 11.6 Å². The number of nitrogens with one attached hydrogen (secondary N) is 1. The summed E-state index contributed by atoms with van der Waals surface area (Å²) in [5.74, 6) is -0.209. The van der Waals surface area contributed by atoms with Gasteiger partial charge in [-0.25, -0.2) is 18.9 Å². The Morgan fingerprint density at radius 2 is 1.84 bits per heavy atom. The fourth-order valence-electron chi connectivity index (χ4n) is 4.10. The van der Waals surface area contributed by atoms with Gasteiger partial charge in [0.1, 0.15) is 11.5 Å². The molecule has 0 bridgehead atoms. The SMILES string of the molecule is CCN(CC)CCCCNc1nccc(-c2c(-c3ccc(F)c(Cl)c3)nn3cc(C(F)(F)F)ccc23)n1. The highest BCUT2D eigenvalue weighted by molar-refractivity contribution is 6.31. The summed E-state index contributed by atoms with van der Waals surface area (Å²) in [6.45, 7) is 8.00. The Hall–Kier alpha value is -3.24. The maximum atomic E-state index is 13.8. The average molecular weight is 535 g/mol. The molecule has 3 heterocycles. The van der Waals surface area contributed by atoms with Crippen LogP contribution in [-0.4, -0.2) is 50.7 Å². The Labute approximate surface area is 217 Å². The summed E-state index contributed by atoms with van der Waals surface area (Å²) < 4.78 is 55.0. The van der Waals surface area contributed by atoms with Crippen LogP contribution < -0.4 is 5.32 Å². The monoisotopic (exact) mass is 534 g/mol. The molecule has 0 fully saturated rings. The number of aromatic nitrogens is 4. The summed E-state index contributed by atoms with van der Waals surface area (Å²) in [5, 5.41) is 7.51. The second kappa shape index (κ2) is 11.4. The molecule has 1 N–H and O–H groups in total. The summed E-state index contributed by atoms with van der Waals surface area (Å²) in [6, 6.07) is 8.07. The zero-order chi connectivity index (χ0) is 26.6. The number of hydrogen-bond acceptors (Lipinski definition) is 5. The van der Waals surface area contributed by atoms with E-state index in [1.54, 1.807) is 12.3 Å². The number of hydrogen-bond donors (Lipinski definition) is 1. The van der Waals surface area contributed by atoms with E-state index in [2.05, 4.69) is 39.1 Å². The third-order valence-corrected chi connectivity index (χ3v) is 6.43. The number of nitrogens with zero attached hydrogens (tertiary/aromatic N) is 5. The van der Waals surface area contributed by atoms with Crippen LogP contribution in [0.25, 0.3) is 28.0 Å². The quantitative estimate of drug-likeness (QED) is 0.179. The van der Waals surface area contributed by atoms with Crippen LogP contribution in [-0.2, 0) is 6.18 Å². The lowest BCUT2D eigenvalue weighted by molar-refractivity contribution is -0.137. The van der Waals surface area contributed by atoms with Crippen LogP contribution in [0.1, 0.15) is 32.3 Å². The standard InChI is InChI=1S/C26H27ClF4N6/c1-3-36(4-2)14-6-5-12-32-25-33-13-11-21(34-25)23-22-10-8-18(26(29,30)31)16-37(22)35-24(23)17-7-9-20(28)19(27)15-17/h7-11,13,15-16H,3-6,12,14H2,1-2H3,(H,32,33,34). The Morgan fingerprint density at radius 1 is 1.05 bits per heavy atom. The van der Waals surface area contributed by atoms with E-state index >= 15 is 0 Å². The van der Waals surface area contributed by atoms with Crippen molar-refractivity contribution >= 4 is 23.1 Å². The number of anilines is 1. The molecule has 6 nitrogen and oxygen atoms in total. The highest BCUT2D eigenvalue weighted by Crippen LogP contribution is 2.37. The van der Waals surface area contributed by atoms with Gasteiger partial charge < -0.3 is 10.2 Å². The van der Waals surface area contributed by atoms with Gasteiger partial charge in [-0.15, -0.1) is 0 Å². The van der Waals surface area contributed by atoms with Gasteiger partial charge in [0.25, 0.3) is 0 Å². The Balaban J connectivity index is 1.68. The number of rotatable bonds is 10. The van der Waals surface area contributed by atoms with Crippen molar-refractivity contribution in [2.75, 3.05) is 31.5 Å². The fourth-order valence-corrected chi connectivity index (χ4v) is 4.28. The molecule has 4 rings (SSSR count). The Kier molecular flexibility index (Phi) is 8.29. The summed E-state index contributed by atoms with van der Waals surface area (Å²) in [7, 11) is 0. The van der Waals surface area contributed by atoms with Crippen LogP contribution in [0, 0.1) is 5.82 Å². The normalized spacial score (nSPS) is 12.0. The van der Waals surface area contributed by atoms with E-state index in [9.17, 15) is 17.6 Å². The van der Waals surface area contributed by atoms with E-state index in [-0.39, 0.29) is 5.02 Å². The molecule has 11 heteroatoms. The fraction of sp³-hybridized carbons (Fsp3) is 0.346. The lowest BCUT2D eigenvalue weighted by Gasteiger charge is -2.17. The molecule has 196 valence electrons. The second-order valence-corrected chi connectivity index (χ2v) is 8.93. The number of benzene rings is 1. The zero-order valence-electron chi connectivity index (χ0n) is 20.5. The van der Waals surface area contributed by atoms with Crippen LogP contribution >= 0.6 is 11.6 Å². The van der Waals surface area contributed by atoms with Crippen molar-refractivity contribution in [3.63, 3.8) is 0 Å². The number of alkyl halides is 3. The van der Waals surface area contributed by atoms with Crippen molar-refractivity contribution < 1.29 is 17.6 Å². The Bertz CT molecular complexity index is 1370. The molecule has 0 spiro atoms. The first-order valence-corrected chi connectivity index (χ1v) is 12.4. The van der Waals surface area contributed by atoms with Crippen LogP contribution in [0.5, 0.6) is 0 Å². The lowest BCUT2D eigenvalue weighted by atomic mass is 10.0. The second-order valence-electron chi connectivity index (χ2n) is 8.52. The van der Waals surface area contributed by atoms with Gasteiger partial charge in [-0.2, -0.15) is 18.3 Å². The van der Waals surface area contributed by atoms with Crippen LogP contribution in [0.4, 0.5) is 23.5 Å². The van der Waals surface area contributed by atoms with Gasteiger partial charge in [-0.3, -0.25) is 0 Å². The first-order chi connectivity index (χ1) is 17.7. The molecule has 0 amide bonds. The molecule has 0 unspecified atom stereocenters. The topological polar surface area (TPSA) is 58.3 Å². The molecule has 1 aromatic carbocycles. The van der Waals surface area contributed by atoms with Gasteiger partial charge in [-0.1, -0.05) is 25.4 Å². The molecule has 0 aliphatic heterocycles. The van der Waals surface area contributed by atoms with Crippen molar-refractivity contribution in [1.82, 2.24) is 24.5 Å². The minimum absolute atomic E-state index is 0.119. The van der Waals surface area contributed by atoms with Gasteiger partial charge in [0.05, 0.1) is 27.4 Å². The smallest absolute Gasteiger partial charge is 0.354 e. The summed E-state index contributed by atoms with van der Waals surface area (Å²) in [6.07, 6.45) is -0.0734. The van der Waals surface area contributed by atoms with Crippen LogP contribution in [0.3, 0.4) is 0 Å². The molecular weight excluding hydrogens is 508 g/mol. The molecule has 0 atom stereocenters. The minimum atomic E-state index is -4.53. The summed E-state index contributed by atoms with van der Waals surface area (Å²) in [4.78, 5) is 11.3. The van der Waals surface area contributed by atoms with Crippen LogP contribution in [0.15, 0.2) is 48.8 Å². The third-order valence-electron chi connectivity index (χ3n) is 6.14. The summed E-state index contributed by atoms with van der Waals surface area (Å²) in [5.41, 5.74) is 1.29. The van der Waals surface area contributed by atoms with E-state index in [1.165, 1.54) is 24.3 Å². The van der Waals surface area contributed by atoms with Crippen molar-refractivity contribution in [3.05, 3.63) is 65.2 Å². The molecule has 0 aliphatic carbocycles. The van der Waals surface area contributed by atoms with Gasteiger partial charge >= 0.3 is 6.18 Å². The number of unbranched alkanes of at least 4 members (excludes halogenated alkanes) is 1. The van der Waals surface area contributed by atoms with Crippen molar-refractivity contribution in [3.8, 4) is 22.5 Å². The van der Waals surface area contributed by atoms with E-state index in [1.807, 2.05) is 0 Å². The van der Waals surface area contributed by atoms with E-state index in [0.29, 0.717) is 40.5 Å². The van der Waals surface area contributed by atoms with Gasteiger partial charge in [-0.05, 0) is 68.9 Å². The first kappa shape index (κ1) is 26.8. The predicted octanol–water partition coefficient (Wildman–Crippen LogP) is 6.80. The van der Waals surface area contributed by atoms with Crippen molar-refractivity contribution in [1.29, 1.82) is 0 Å². The molecule has 4 aromatic rings. The molecule has 0 saturated carbocycles. The van der Waals surface area contributed by atoms with E-state index < -0.39 is 17.6 Å². The first-order valence-electron chi connectivity index (χ1n) is 12.1. The van der Waals surface area contributed by atoms with Gasteiger partial charge in [0, 0.05) is 24.5 Å². The maximum Gasteiger partial charge on any atom is 0.417 e. The molecular formula is C26H27ClF4N6. The third kappa shape index (κ3) is 6.19. The minimum Gasteiger partial charge on any atom is -0.354 e. The van der Waals surface area contributed by atoms with Crippen molar-refractivity contribution in [2.24, 2.45) is 0 Å². The van der Waals surface area contributed by atoms with Crippen LogP contribution in [0.2, 0.25) is 5.02 Å². The number of fused-ring (bicyclic) bond motifs is 1. The molecule has 0 radical (unpaired) electrons. The maximum absolute atomic E-state index is 13.8. The molecule has 0 saturated heterocycles. The predicted molar refractivity (Wildman–Crippen MR) is 137 cm³/mol. The lowest BCUT2D eigenvalue weighted by Crippen LogP contribution is -2.24. The highest BCUT2D eigenvalue weighted by Gasteiger charge is 2.31. The zero-order valence-corrected chi connectivity index (χ0v) is 21.2. The highest BCUT2D eigenvalue weighted by atomic mass is 35.5. The Morgan fingerprint density at radius 3 is 2.54 bits per heavy atom. The van der Waals surface area contributed by atoms with Gasteiger partial charge in [0.15, 0.2) is 0 Å². The molecule has 0 aliphatic rings. The molecule has 37 heavy (non-hydrogen) atoms. The van der Waals surface area contributed by atoms with Crippen molar-refractivity contribution in [2.45, 2.75) is 32.9 Å².